The number of azide groups is 1. The molecule has 1 aromatic rings. The van der Waals surface area contributed by atoms with E-state index in [1.807, 2.05) is 0 Å². The van der Waals surface area contributed by atoms with Gasteiger partial charge in [-0.1, -0.05) is 17.3 Å². The molecule has 6 heteroatoms. The number of benzene rings is 1. The Balaban J connectivity index is 2.71. The molecular weight excluding hydrogens is 280 g/mol. The summed E-state index contributed by atoms with van der Waals surface area (Å²) in [5.41, 5.74) is 8.45. The van der Waals surface area contributed by atoms with Crippen molar-refractivity contribution in [2.45, 2.75) is 6.42 Å². The highest BCUT2D eigenvalue weighted by molar-refractivity contribution is 9.10. The SMILES string of the molecule is [N-]=[N+]=NCCC=Cc1cc(F)c(Br)c(F)c1. The van der Waals surface area contributed by atoms with E-state index in [2.05, 4.69) is 26.0 Å². The van der Waals surface area contributed by atoms with Gasteiger partial charge in [0.05, 0.1) is 4.47 Å². The predicted molar refractivity (Wildman–Crippen MR) is 61.7 cm³/mol. The van der Waals surface area contributed by atoms with Crippen LogP contribution >= 0.6 is 15.9 Å². The average Bonchev–Trinajstić information content (AvgIpc) is 2.25. The van der Waals surface area contributed by atoms with E-state index in [-0.39, 0.29) is 4.47 Å². The molecule has 0 atom stereocenters. The summed E-state index contributed by atoms with van der Waals surface area (Å²) in [6, 6.07) is 2.44. The highest BCUT2D eigenvalue weighted by atomic mass is 79.9. The Labute approximate surface area is 99.5 Å². The van der Waals surface area contributed by atoms with Crippen molar-refractivity contribution in [2.75, 3.05) is 6.54 Å². The van der Waals surface area contributed by atoms with Crippen molar-refractivity contribution < 1.29 is 8.78 Å². The molecule has 0 fully saturated rings. The van der Waals surface area contributed by atoms with E-state index >= 15 is 0 Å². The number of halogens is 3. The third-order valence-electron chi connectivity index (χ3n) is 1.78. The fourth-order valence-corrected chi connectivity index (χ4v) is 1.30. The Morgan fingerprint density at radius 3 is 2.56 bits per heavy atom. The zero-order valence-corrected chi connectivity index (χ0v) is 9.79. The summed E-state index contributed by atoms with van der Waals surface area (Å²) < 4.78 is 26.0. The number of hydrogen-bond donors (Lipinski definition) is 0. The maximum Gasteiger partial charge on any atom is 0.140 e. The van der Waals surface area contributed by atoms with Gasteiger partial charge in [-0.3, -0.25) is 0 Å². The molecule has 1 rings (SSSR count). The third kappa shape index (κ3) is 3.64. The zero-order chi connectivity index (χ0) is 12.0. The molecule has 0 amide bonds. The second-order valence-electron chi connectivity index (χ2n) is 2.94. The molecular formula is C10H8BrF2N3. The van der Waals surface area contributed by atoms with E-state index in [0.29, 0.717) is 18.5 Å². The van der Waals surface area contributed by atoms with Crippen molar-refractivity contribution in [3.8, 4) is 0 Å². The monoisotopic (exact) mass is 287 g/mol. The van der Waals surface area contributed by atoms with Gasteiger partial charge < -0.3 is 0 Å². The first-order valence-corrected chi connectivity index (χ1v) is 5.26. The Morgan fingerprint density at radius 2 is 2.00 bits per heavy atom. The first-order valence-electron chi connectivity index (χ1n) is 4.47. The Bertz CT molecular complexity index is 430. The van der Waals surface area contributed by atoms with Gasteiger partial charge in [0.25, 0.3) is 0 Å². The van der Waals surface area contributed by atoms with Gasteiger partial charge in [-0.15, -0.1) is 0 Å². The maximum atomic E-state index is 13.1. The Hall–Kier alpha value is -1.39. The summed E-state index contributed by atoms with van der Waals surface area (Å²) in [5.74, 6) is -1.29. The molecule has 84 valence electrons. The van der Waals surface area contributed by atoms with Gasteiger partial charge in [0.15, 0.2) is 0 Å². The van der Waals surface area contributed by atoms with Crippen LogP contribution < -0.4 is 0 Å². The van der Waals surface area contributed by atoms with Crippen molar-refractivity contribution in [3.05, 3.63) is 50.3 Å². The van der Waals surface area contributed by atoms with Crippen LogP contribution in [0.15, 0.2) is 27.8 Å². The van der Waals surface area contributed by atoms with Gasteiger partial charge >= 0.3 is 0 Å². The van der Waals surface area contributed by atoms with Gasteiger partial charge in [0.2, 0.25) is 0 Å². The standard InChI is InChI=1S/C10H8BrF2N3/c11-10-8(12)5-7(6-9(10)13)3-1-2-4-15-16-14/h1,3,5-6H,2,4H2. The van der Waals surface area contributed by atoms with Crippen molar-refractivity contribution in [3.63, 3.8) is 0 Å². The molecule has 16 heavy (non-hydrogen) atoms. The second kappa shape index (κ2) is 6.25. The van der Waals surface area contributed by atoms with Crippen molar-refractivity contribution >= 4 is 22.0 Å². The van der Waals surface area contributed by atoms with Crippen LogP contribution in [0.5, 0.6) is 0 Å². The topological polar surface area (TPSA) is 48.8 Å². The normalized spacial score (nSPS) is 10.4. The van der Waals surface area contributed by atoms with Gasteiger partial charge in [0, 0.05) is 11.5 Å². The molecule has 0 bridgehead atoms. The van der Waals surface area contributed by atoms with E-state index in [9.17, 15) is 8.78 Å². The highest BCUT2D eigenvalue weighted by Gasteiger charge is 2.06. The lowest BCUT2D eigenvalue weighted by Gasteiger charge is -1.99. The Kier molecular flexibility index (Phi) is 4.95. The minimum Gasteiger partial charge on any atom is -0.206 e. The zero-order valence-electron chi connectivity index (χ0n) is 8.20. The second-order valence-corrected chi connectivity index (χ2v) is 3.74. The minimum absolute atomic E-state index is 0.168. The van der Waals surface area contributed by atoms with Crippen molar-refractivity contribution in [2.24, 2.45) is 5.11 Å². The summed E-state index contributed by atoms with van der Waals surface area (Å²) in [5, 5.41) is 3.33. The summed E-state index contributed by atoms with van der Waals surface area (Å²) in [4.78, 5) is 2.58. The van der Waals surface area contributed by atoms with Crippen LogP contribution in [0.25, 0.3) is 16.5 Å². The smallest absolute Gasteiger partial charge is 0.140 e. The molecule has 0 N–H and O–H groups in total. The van der Waals surface area contributed by atoms with E-state index in [1.54, 1.807) is 12.2 Å². The summed E-state index contributed by atoms with van der Waals surface area (Å²) in [6.07, 6.45) is 3.80. The molecule has 0 heterocycles. The third-order valence-corrected chi connectivity index (χ3v) is 2.53. The molecule has 0 spiro atoms. The molecule has 0 aliphatic heterocycles. The van der Waals surface area contributed by atoms with Crippen LogP contribution in [0, 0.1) is 11.6 Å². The molecule has 0 aliphatic carbocycles. The van der Waals surface area contributed by atoms with E-state index < -0.39 is 11.6 Å². The summed E-state index contributed by atoms with van der Waals surface area (Å²) in [6.45, 7) is 0.328. The summed E-state index contributed by atoms with van der Waals surface area (Å²) in [7, 11) is 0. The first-order chi connectivity index (χ1) is 7.65. The molecule has 0 unspecified atom stereocenters. The first kappa shape index (κ1) is 12.7. The maximum absolute atomic E-state index is 13.1. The lowest BCUT2D eigenvalue weighted by molar-refractivity contribution is 0.571. The fraction of sp³-hybridized carbons (Fsp3) is 0.200. The van der Waals surface area contributed by atoms with Crippen LogP contribution in [-0.4, -0.2) is 6.54 Å². The molecule has 3 nitrogen and oxygen atoms in total. The number of hydrogen-bond acceptors (Lipinski definition) is 1. The molecule has 0 aromatic heterocycles. The molecule has 1 aromatic carbocycles. The molecule has 0 radical (unpaired) electrons. The van der Waals surface area contributed by atoms with Crippen LogP contribution in [0.1, 0.15) is 12.0 Å². The molecule has 0 saturated heterocycles. The largest absolute Gasteiger partial charge is 0.206 e. The fourth-order valence-electron chi connectivity index (χ4n) is 1.07. The molecule has 0 aliphatic rings. The van der Waals surface area contributed by atoms with E-state index in [1.165, 1.54) is 12.1 Å². The lowest BCUT2D eigenvalue weighted by Crippen LogP contribution is -1.86. The van der Waals surface area contributed by atoms with E-state index in [4.69, 9.17) is 5.53 Å². The van der Waals surface area contributed by atoms with Gasteiger partial charge in [-0.25, -0.2) is 8.78 Å². The Morgan fingerprint density at radius 1 is 1.38 bits per heavy atom. The van der Waals surface area contributed by atoms with Gasteiger partial charge in [0.1, 0.15) is 11.6 Å². The van der Waals surface area contributed by atoms with Crippen LogP contribution in [-0.2, 0) is 0 Å². The van der Waals surface area contributed by atoms with Crippen LogP contribution in [0.4, 0.5) is 8.78 Å². The number of rotatable bonds is 4. The number of nitrogens with zero attached hydrogens (tertiary/aromatic N) is 3. The average molecular weight is 288 g/mol. The van der Waals surface area contributed by atoms with Gasteiger partial charge in [-0.2, -0.15) is 0 Å². The lowest BCUT2D eigenvalue weighted by atomic mass is 10.2. The van der Waals surface area contributed by atoms with Gasteiger partial charge in [-0.05, 0) is 45.6 Å². The highest BCUT2D eigenvalue weighted by Crippen LogP contribution is 2.21. The molecule has 0 saturated carbocycles. The van der Waals surface area contributed by atoms with E-state index in [0.717, 1.165) is 0 Å². The predicted octanol–water partition coefficient (Wildman–Crippen LogP) is 4.44. The summed E-state index contributed by atoms with van der Waals surface area (Å²) >= 11 is 2.79. The minimum atomic E-state index is -0.644. The van der Waals surface area contributed by atoms with Crippen LogP contribution in [0.3, 0.4) is 0 Å². The quantitative estimate of drug-likeness (QED) is 0.258. The van der Waals surface area contributed by atoms with Crippen molar-refractivity contribution in [1.82, 2.24) is 0 Å². The van der Waals surface area contributed by atoms with Crippen LogP contribution in [0.2, 0.25) is 0 Å². The van der Waals surface area contributed by atoms with Crippen molar-refractivity contribution in [1.29, 1.82) is 0 Å².